The van der Waals surface area contributed by atoms with Crippen molar-refractivity contribution in [3.8, 4) is 0 Å². The van der Waals surface area contributed by atoms with Gasteiger partial charge in [0, 0.05) is 29.7 Å². The van der Waals surface area contributed by atoms with E-state index in [0.717, 1.165) is 6.54 Å². The number of hydrogen-bond donors (Lipinski definition) is 1. The Balaban J connectivity index is 2.45. The molecule has 0 bridgehead atoms. The number of ether oxygens (including phenoxy) is 1. The Morgan fingerprint density at radius 3 is 2.76 bits per heavy atom. The predicted molar refractivity (Wildman–Crippen MR) is 82.5 cm³/mol. The van der Waals surface area contributed by atoms with Crippen molar-refractivity contribution in [1.82, 2.24) is 10.2 Å². The fraction of sp³-hybridized carbons (Fsp3) is 0.462. The van der Waals surface area contributed by atoms with E-state index in [0.29, 0.717) is 24.2 Å². The molecule has 0 fully saturated rings. The van der Waals surface area contributed by atoms with E-state index >= 15 is 0 Å². The second-order valence-electron chi connectivity index (χ2n) is 4.59. The third-order valence-electron chi connectivity index (χ3n) is 2.62. The van der Waals surface area contributed by atoms with E-state index in [9.17, 15) is 14.9 Å². The Morgan fingerprint density at radius 2 is 2.14 bits per heavy atom. The lowest BCUT2D eigenvalue weighted by atomic mass is 10.2. The number of rotatable bonds is 8. The number of halogens is 1. The summed E-state index contributed by atoms with van der Waals surface area (Å²) >= 11 is 3.21. The number of hydrogen-bond acceptors (Lipinski definition) is 5. The molecule has 1 amide bonds. The molecule has 0 heterocycles. The number of nitrogens with zero attached hydrogens (tertiary/aromatic N) is 2. The molecule has 1 aromatic rings. The number of benzene rings is 1. The summed E-state index contributed by atoms with van der Waals surface area (Å²) in [7, 11) is 3.90. The van der Waals surface area contributed by atoms with E-state index in [2.05, 4.69) is 21.2 Å². The second-order valence-corrected chi connectivity index (χ2v) is 5.45. The van der Waals surface area contributed by atoms with Gasteiger partial charge in [-0.15, -0.1) is 0 Å². The average molecular weight is 360 g/mol. The molecule has 0 radical (unpaired) electrons. The summed E-state index contributed by atoms with van der Waals surface area (Å²) < 4.78 is 5.86. The number of non-ortho nitro benzene ring substituents is 1. The molecule has 0 aliphatic heterocycles. The molecule has 1 rings (SSSR count). The average Bonchev–Trinajstić information content (AvgIpc) is 2.42. The van der Waals surface area contributed by atoms with Crippen molar-refractivity contribution in [3.05, 3.63) is 38.3 Å². The first kappa shape index (κ1) is 17.5. The smallest absolute Gasteiger partial charge is 0.270 e. The van der Waals surface area contributed by atoms with Crippen LogP contribution in [0, 0.1) is 10.1 Å². The van der Waals surface area contributed by atoms with Crippen LogP contribution < -0.4 is 5.32 Å². The lowest BCUT2D eigenvalue weighted by Gasteiger charge is -2.10. The van der Waals surface area contributed by atoms with Crippen molar-refractivity contribution in [3.63, 3.8) is 0 Å². The molecule has 0 spiro atoms. The lowest BCUT2D eigenvalue weighted by Crippen LogP contribution is -2.28. The summed E-state index contributed by atoms with van der Waals surface area (Å²) in [5, 5.41) is 13.4. The maximum Gasteiger partial charge on any atom is 0.270 e. The van der Waals surface area contributed by atoms with Gasteiger partial charge in [-0.05, 0) is 36.1 Å². The minimum atomic E-state index is -0.534. The topological polar surface area (TPSA) is 84.7 Å². The minimum Gasteiger partial charge on any atom is -0.378 e. The zero-order chi connectivity index (χ0) is 15.8. The maximum absolute atomic E-state index is 12.0. The van der Waals surface area contributed by atoms with Crippen LogP contribution in [0.3, 0.4) is 0 Å². The molecule has 7 nitrogen and oxygen atoms in total. The van der Waals surface area contributed by atoms with Crippen molar-refractivity contribution >= 4 is 27.5 Å². The van der Waals surface area contributed by atoms with E-state index in [-0.39, 0.29) is 17.2 Å². The summed E-state index contributed by atoms with van der Waals surface area (Å²) in [6.07, 6.45) is 0. The van der Waals surface area contributed by atoms with Gasteiger partial charge in [-0.1, -0.05) is 0 Å². The van der Waals surface area contributed by atoms with Crippen LogP contribution in [0.25, 0.3) is 0 Å². The van der Waals surface area contributed by atoms with Crippen molar-refractivity contribution in [2.24, 2.45) is 0 Å². The number of likely N-dealkylation sites (N-methyl/N-ethyl adjacent to an activating group) is 1. The maximum atomic E-state index is 12.0. The van der Waals surface area contributed by atoms with Gasteiger partial charge in [-0.3, -0.25) is 14.9 Å². The summed E-state index contributed by atoms with van der Waals surface area (Å²) in [6.45, 7) is 2.14. The molecular formula is C13H18BrN3O4. The number of carbonyl (C=O) groups excluding carboxylic acids is 1. The highest BCUT2D eigenvalue weighted by molar-refractivity contribution is 9.10. The molecule has 0 aliphatic carbocycles. The van der Waals surface area contributed by atoms with Gasteiger partial charge in [-0.2, -0.15) is 0 Å². The highest BCUT2D eigenvalue weighted by Crippen LogP contribution is 2.22. The standard InChI is InChI=1S/C13H18BrN3O4/c1-16(2)6-8-21-7-5-15-13(18)11-9-10(17(19)20)3-4-12(11)14/h3-4,9H,5-8H2,1-2H3,(H,15,18). The van der Waals surface area contributed by atoms with Gasteiger partial charge in [0.1, 0.15) is 0 Å². The first-order valence-corrected chi connectivity index (χ1v) is 7.15. The second kappa shape index (κ2) is 8.71. The summed E-state index contributed by atoms with van der Waals surface area (Å²) in [6, 6.07) is 4.07. The summed E-state index contributed by atoms with van der Waals surface area (Å²) in [4.78, 5) is 24.1. The van der Waals surface area contributed by atoms with Crippen molar-refractivity contribution < 1.29 is 14.5 Å². The highest BCUT2D eigenvalue weighted by Gasteiger charge is 2.15. The molecule has 0 unspecified atom stereocenters. The molecule has 21 heavy (non-hydrogen) atoms. The van der Waals surface area contributed by atoms with Crippen molar-refractivity contribution in [1.29, 1.82) is 0 Å². The SMILES string of the molecule is CN(C)CCOCCNC(=O)c1cc([N+](=O)[O-])ccc1Br. The quantitative estimate of drug-likeness (QED) is 0.433. The number of nitro benzene ring substituents is 1. The number of nitrogens with one attached hydrogen (secondary N) is 1. The molecule has 8 heteroatoms. The Morgan fingerprint density at radius 1 is 1.43 bits per heavy atom. The van der Waals surface area contributed by atoms with Gasteiger partial charge in [0.2, 0.25) is 0 Å². The molecule has 0 saturated carbocycles. The van der Waals surface area contributed by atoms with Gasteiger partial charge in [0.15, 0.2) is 0 Å². The highest BCUT2D eigenvalue weighted by atomic mass is 79.9. The van der Waals surface area contributed by atoms with Crippen molar-refractivity contribution in [2.75, 3.05) is 40.4 Å². The Labute approximate surface area is 131 Å². The van der Waals surface area contributed by atoms with Crippen LogP contribution in [0.1, 0.15) is 10.4 Å². The molecular weight excluding hydrogens is 342 g/mol. The summed E-state index contributed by atoms with van der Waals surface area (Å²) in [5.74, 6) is -0.373. The zero-order valence-corrected chi connectivity index (χ0v) is 13.6. The van der Waals surface area contributed by atoms with Gasteiger partial charge in [-0.25, -0.2) is 0 Å². The van der Waals surface area contributed by atoms with Crippen LogP contribution in [-0.2, 0) is 4.74 Å². The predicted octanol–water partition coefficient (Wildman–Crippen LogP) is 1.67. The van der Waals surface area contributed by atoms with Crippen LogP contribution in [0.15, 0.2) is 22.7 Å². The van der Waals surface area contributed by atoms with Crippen LogP contribution in [0.5, 0.6) is 0 Å². The minimum absolute atomic E-state index is 0.120. The Bertz CT molecular complexity index is 508. The van der Waals surface area contributed by atoms with Crippen LogP contribution in [0.2, 0.25) is 0 Å². The number of nitro groups is 1. The molecule has 0 aromatic heterocycles. The molecule has 0 saturated heterocycles. The van der Waals surface area contributed by atoms with E-state index in [1.54, 1.807) is 0 Å². The molecule has 1 N–H and O–H groups in total. The molecule has 0 aliphatic rings. The third kappa shape index (κ3) is 6.19. The number of amides is 1. The van der Waals surface area contributed by atoms with Gasteiger partial charge in [0.05, 0.1) is 23.7 Å². The molecule has 1 aromatic carbocycles. The first-order valence-electron chi connectivity index (χ1n) is 6.36. The van der Waals surface area contributed by atoms with E-state index in [1.165, 1.54) is 18.2 Å². The fourth-order valence-electron chi connectivity index (χ4n) is 1.48. The third-order valence-corrected chi connectivity index (χ3v) is 3.31. The van der Waals surface area contributed by atoms with Crippen LogP contribution in [0.4, 0.5) is 5.69 Å². The largest absolute Gasteiger partial charge is 0.378 e. The molecule has 116 valence electrons. The molecule has 0 atom stereocenters. The summed E-state index contributed by atoms with van der Waals surface area (Å²) in [5.41, 5.74) is 0.114. The van der Waals surface area contributed by atoms with E-state index < -0.39 is 4.92 Å². The normalized spacial score (nSPS) is 10.7. The number of carbonyl (C=O) groups is 1. The van der Waals surface area contributed by atoms with Gasteiger partial charge < -0.3 is 15.0 Å². The van der Waals surface area contributed by atoms with Crippen LogP contribution >= 0.6 is 15.9 Å². The Hall–Kier alpha value is -1.51. The zero-order valence-electron chi connectivity index (χ0n) is 12.0. The van der Waals surface area contributed by atoms with Crippen LogP contribution in [-0.4, -0.2) is 56.1 Å². The van der Waals surface area contributed by atoms with Gasteiger partial charge >= 0.3 is 0 Å². The van der Waals surface area contributed by atoms with E-state index in [1.807, 2.05) is 19.0 Å². The Kier molecular flexibility index (Phi) is 7.27. The van der Waals surface area contributed by atoms with Gasteiger partial charge in [0.25, 0.3) is 11.6 Å². The monoisotopic (exact) mass is 359 g/mol. The fourth-order valence-corrected chi connectivity index (χ4v) is 1.91. The van der Waals surface area contributed by atoms with E-state index in [4.69, 9.17) is 4.74 Å². The first-order chi connectivity index (χ1) is 9.91. The lowest BCUT2D eigenvalue weighted by molar-refractivity contribution is -0.384. The van der Waals surface area contributed by atoms with Crippen molar-refractivity contribution in [2.45, 2.75) is 0 Å².